The molecular formula is C15H28N4. The van der Waals surface area contributed by atoms with Crippen LogP contribution in [0, 0.1) is 0 Å². The van der Waals surface area contributed by atoms with Gasteiger partial charge in [-0.15, -0.1) is 0 Å². The summed E-state index contributed by atoms with van der Waals surface area (Å²) in [5.41, 5.74) is 2.38. The van der Waals surface area contributed by atoms with Crippen molar-refractivity contribution in [1.29, 1.82) is 0 Å². The number of aromatic nitrogens is 1. The number of hydrogen-bond acceptors (Lipinski definition) is 4. The Labute approximate surface area is 117 Å². The maximum Gasteiger partial charge on any atom is 0.0544 e. The molecule has 0 fully saturated rings. The van der Waals surface area contributed by atoms with Crippen LogP contribution in [0.15, 0.2) is 18.3 Å². The fourth-order valence-electron chi connectivity index (χ4n) is 1.70. The number of nitrogens with one attached hydrogen (secondary N) is 1. The van der Waals surface area contributed by atoms with Crippen LogP contribution in [0.4, 0.5) is 0 Å². The summed E-state index contributed by atoms with van der Waals surface area (Å²) in [5, 5.41) is 3.40. The number of nitrogens with zero attached hydrogens (tertiary/aromatic N) is 3. The normalized spacial score (nSPS) is 11.8. The van der Waals surface area contributed by atoms with Crippen molar-refractivity contribution in [3.63, 3.8) is 0 Å². The van der Waals surface area contributed by atoms with Crippen molar-refractivity contribution in [2.24, 2.45) is 0 Å². The highest BCUT2D eigenvalue weighted by Crippen LogP contribution is 2.03. The highest BCUT2D eigenvalue weighted by molar-refractivity contribution is 5.14. The van der Waals surface area contributed by atoms with Crippen molar-refractivity contribution in [1.82, 2.24) is 20.1 Å². The largest absolute Gasteiger partial charge is 0.310 e. The van der Waals surface area contributed by atoms with Gasteiger partial charge in [-0.3, -0.25) is 9.88 Å². The standard InChI is InChI=1S/C15H28N4/c1-13(2)16-10-14-6-7-15(17-11-14)12-19(5)9-8-18(3)4/h6-7,11,13,16H,8-10,12H2,1-5H3. The molecule has 1 aromatic rings. The molecular weight excluding hydrogens is 236 g/mol. The molecule has 0 spiro atoms. The van der Waals surface area contributed by atoms with Gasteiger partial charge in [-0.1, -0.05) is 19.9 Å². The molecule has 0 bridgehead atoms. The van der Waals surface area contributed by atoms with Crippen LogP contribution in [-0.4, -0.2) is 55.1 Å². The van der Waals surface area contributed by atoms with Crippen molar-refractivity contribution < 1.29 is 0 Å². The molecule has 0 aliphatic rings. The summed E-state index contributed by atoms with van der Waals surface area (Å²) in [4.78, 5) is 9.03. The Balaban J connectivity index is 2.39. The maximum absolute atomic E-state index is 4.53. The van der Waals surface area contributed by atoms with Crippen molar-refractivity contribution in [3.8, 4) is 0 Å². The molecule has 0 amide bonds. The third-order valence-electron chi connectivity index (χ3n) is 2.96. The van der Waals surface area contributed by atoms with Gasteiger partial charge in [-0.25, -0.2) is 0 Å². The lowest BCUT2D eigenvalue weighted by molar-refractivity contribution is 0.274. The van der Waals surface area contributed by atoms with E-state index in [-0.39, 0.29) is 0 Å². The van der Waals surface area contributed by atoms with Crippen LogP contribution >= 0.6 is 0 Å². The molecule has 1 N–H and O–H groups in total. The maximum atomic E-state index is 4.53. The molecule has 0 radical (unpaired) electrons. The van der Waals surface area contributed by atoms with Gasteiger partial charge in [0.15, 0.2) is 0 Å². The van der Waals surface area contributed by atoms with E-state index in [2.05, 4.69) is 67.2 Å². The van der Waals surface area contributed by atoms with Crippen LogP contribution in [0.5, 0.6) is 0 Å². The highest BCUT2D eigenvalue weighted by Gasteiger charge is 2.03. The van der Waals surface area contributed by atoms with E-state index in [9.17, 15) is 0 Å². The first kappa shape index (κ1) is 16.1. The molecule has 0 aliphatic carbocycles. The van der Waals surface area contributed by atoms with Gasteiger partial charge >= 0.3 is 0 Å². The van der Waals surface area contributed by atoms with Crippen molar-refractivity contribution in [2.75, 3.05) is 34.2 Å². The van der Waals surface area contributed by atoms with E-state index in [0.29, 0.717) is 6.04 Å². The van der Waals surface area contributed by atoms with E-state index in [1.165, 1.54) is 5.56 Å². The Morgan fingerprint density at radius 3 is 2.42 bits per heavy atom. The van der Waals surface area contributed by atoms with Gasteiger partial charge in [0.2, 0.25) is 0 Å². The van der Waals surface area contributed by atoms with Crippen LogP contribution < -0.4 is 5.32 Å². The van der Waals surface area contributed by atoms with Gasteiger partial charge < -0.3 is 10.2 Å². The van der Waals surface area contributed by atoms with E-state index in [4.69, 9.17) is 0 Å². The van der Waals surface area contributed by atoms with Gasteiger partial charge in [0.05, 0.1) is 5.69 Å². The lowest BCUT2D eigenvalue weighted by Crippen LogP contribution is -2.28. The molecule has 0 atom stereocenters. The number of likely N-dealkylation sites (N-methyl/N-ethyl adjacent to an activating group) is 2. The van der Waals surface area contributed by atoms with Gasteiger partial charge in [0.25, 0.3) is 0 Å². The highest BCUT2D eigenvalue weighted by atomic mass is 15.2. The summed E-state index contributed by atoms with van der Waals surface area (Å²) < 4.78 is 0. The Morgan fingerprint density at radius 1 is 1.16 bits per heavy atom. The minimum absolute atomic E-state index is 0.511. The molecule has 0 saturated heterocycles. The monoisotopic (exact) mass is 264 g/mol. The molecule has 1 aromatic heterocycles. The molecule has 0 saturated carbocycles. The summed E-state index contributed by atoms with van der Waals surface area (Å²) in [6.07, 6.45) is 1.98. The number of rotatable bonds is 8. The van der Waals surface area contributed by atoms with Crippen LogP contribution in [-0.2, 0) is 13.1 Å². The minimum atomic E-state index is 0.511. The Morgan fingerprint density at radius 2 is 1.89 bits per heavy atom. The summed E-state index contributed by atoms with van der Waals surface area (Å²) in [6.45, 7) is 8.24. The lowest BCUT2D eigenvalue weighted by atomic mass is 10.2. The van der Waals surface area contributed by atoms with Gasteiger partial charge in [-0.05, 0) is 32.8 Å². The predicted octanol–water partition coefficient (Wildman–Crippen LogP) is 1.57. The van der Waals surface area contributed by atoms with E-state index >= 15 is 0 Å². The minimum Gasteiger partial charge on any atom is -0.310 e. The second-order valence-corrected chi connectivity index (χ2v) is 5.73. The molecule has 1 rings (SSSR count). The zero-order valence-electron chi connectivity index (χ0n) is 13.0. The molecule has 4 nitrogen and oxygen atoms in total. The van der Waals surface area contributed by atoms with E-state index in [1.807, 2.05) is 6.20 Å². The Hall–Kier alpha value is -0.970. The van der Waals surface area contributed by atoms with Crippen molar-refractivity contribution >= 4 is 0 Å². The van der Waals surface area contributed by atoms with E-state index in [0.717, 1.165) is 31.9 Å². The van der Waals surface area contributed by atoms with Gasteiger partial charge in [-0.2, -0.15) is 0 Å². The van der Waals surface area contributed by atoms with Crippen molar-refractivity contribution in [3.05, 3.63) is 29.6 Å². The third-order valence-corrected chi connectivity index (χ3v) is 2.96. The van der Waals surface area contributed by atoms with Crippen LogP contribution in [0.2, 0.25) is 0 Å². The van der Waals surface area contributed by atoms with Crippen LogP contribution in [0.3, 0.4) is 0 Å². The smallest absolute Gasteiger partial charge is 0.0544 e. The first-order chi connectivity index (χ1) is 8.97. The summed E-state index contributed by atoms with van der Waals surface area (Å²) in [7, 11) is 6.34. The molecule has 108 valence electrons. The average Bonchev–Trinajstić information content (AvgIpc) is 2.35. The van der Waals surface area contributed by atoms with E-state index in [1.54, 1.807) is 0 Å². The number of pyridine rings is 1. The first-order valence-corrected chi connectivity index (χ1v) is 6.98. The van der Waals surface area contributed by atoms with Crippen molar-refractivity contribution in [2.45, 2.75) is 33.0 Å². The van der Waals surface area contributed by atoms with Gasteiger partial charge in [0.1, 0.15) is 0 Å². The molecule has 0 aromatic carbocycles. The molecule has 0 unspecified atom stereocenters. The second kappa shape index (κ2) is 8.25. The summed E-state index contributed by atoms with van der Waals surface area (Å²) in [6, 6.07) is 4.80. The van der Waals surface area contributed by atoms with Crippen LogP contribution in [0.25, 0.3) is 0 Å². The SMILES string of the molecule is CC(C)NCc1ccc(CN(C)CCN(C)C)nc1. The first-order valence-electron chi connectivity index (χ1n) is 6.98. The quantitative estimate of drug-likeness (QED) is 0.772. The second-order valence-electron chi connectivity index (χ2n) is 5.73. The molecule has 0 aliphatic heterocycles. The molecule has 19 heavy (non-hydrogen) atoms. The summed E-state index contributed by atoms with van der Waals surface area (Å²) >= 11 is 0. The Bertz CT molecular complexity index is 346. The summed E-state index contributed by atoms with van der Waals surface area (Å²) in [5.74, 6) is 0. The molecule has 1 heterocycles. The third kappa shape index (κ3) is 7.25. The van der Waals surface area contributed by atoms with Crippen LogP contribution in [0.1, 0.15) is 25.1 Å². The van der Waals surface area contributed by atoms with Gasteiger partial charge in [0, 0.05) is 38.4 Å². The lowest BCUT2D eigenvalue weighted by Gasteiger charge is -2.19. The molecule has 4 heteroatoms. The zero-order chi connectivity index (χ0) is 14.3. The zero-order valence-corrected chi connectivity index (χ0v) is 13.0. The number of hydrogen-bond donors (Lipinski definition) is 1. The topological polar surface area (TPSA) is 31.4 Å². The predicted molar refractivity (Wildman–Crippen MR) is 81.1 cm³/mol. The Kier molecular flexibility index (Phi) is 6.99. The average molecular weight is 264 g/mol. The fourth-order valence-corrected chi connectivity index (χ4v) is 1.70. The van der Waals surface area contributed by atoms with E-state index < -0.39 is 0 Å². The fraction of sp³-hybridized carbons (Fsp3) is 0.667.